The van der Waals surface area contributed by atoms with Crippen LogP contribution in [0.5, 0.6) is 0 Å². The van der Waals surface area contributed by atoms with Crippen LogP contribution in [0.15, 0.2) is 140 Å². The molecule has 0 atom stereocenters. The zero-order chi connectivity index (χ0) is 28.7. The third kappa shape index (κ3) is 5.59. The van der Waals surface area contributed by atoms with E-state index in [1.54, 1.807) is 10.4 Å². The van der Waals surface area contributed by atoms with E-state index in [0.29, 0.717) is 0 Å². The van der Waals surface area contributed by atoms with Crippen molar-refractivity contribution in [3.8, 4) is 22.3 Å². The van der Waals surface area contributed by atoms with Gasteiger partial charge in [0.15, 0.2) is 0 Å². The molecule has 0 amide bonds. The predicted molar refractivity (Wildman–Crippen MR) is 198 cm³/mol. The molecular weight excluding hydrogens is 596 g/mol. The number of benzene rings is 5. The molecule has 0 aliphatic rings. The molecule has 0 N–H and O–H groups in total. The van der Waals surface area contributed by atoms with E-state index in [1.165, 1.54) is 60.1 Å². The van der Waals surface area contributed by atoms with Crippen molar-refractivity contribution >= 4 is 45.2 Å². The van der Waals surface area contributed by atoms with Gasteiger partial charge in [-0.05, 0) is 24.0 Å². The van der Waals surface area contributed by atoms with Crippen LogP contribution in [-0.4, -0.2) is 8.07 Å². The SMILES string of the molecule is CCc1[cH-]c2cccc(-c3ccccc3)c2c1[Si](C)(c1ccccc1)c1c(CC)[cH-]c2cccc(-c3ccccc3)c12.[CH3-].[CH3-].[V+4]. The molecule has 0 saturated heterocycles. The standard InChI is InChI=1S/C41H36Si.2CH3.V/c1-4-29-27-33-21-15-25-36(31-17-9-6-10-18-31)38(33)40(29)42(3,35-23-13-8-14-24-35)41-30(5-2)28-34-22-16-26-37(39(34)41)32-19-11-7-12-20-32;;;/h6-28H,4-5H2,1-3H3;2*1H3;/q-2;2*-1;+4. The fourth-order valence-corrected chi connectivity index (χ4v) is 12.4. The molecule has 0 nitrogen and oxygen atoms in total. The fraction of sp³-hybridized carbons (Fsp3) is 0.116. The second-order valence-electron chi connectivity index (χ2n) is 11.6. The topological polar surface area (TPSA) is 0 Å². The van der Waals surface area contributed by atoms with Crippen LogP contribution < -0.4 is 15.6 Å². The molecule has 1 radical (unpaired) electrons. The van der Waals surface area contributed by atoms with Crippen LogP contribution in [0, 0.1) is 14.9 Å². The molecule has 7 aromatic rings. The summed E-state index contributed by atoms with van der Waals surface area (Å²) >= 11 is 0. The summed E-state index contributed by atoms with van der Waals surface area (Å²) in [5.41, 5.74) is 8.23. The first kappa shape index (κ1) is 34.0. The van der Waals surface area contributed by atoms with Crippen LogP contribution in [0.4, 0.5) is 0 Å². The summed E-state index contributed by atoms with van der Waals surface area (Å²) in [6.07, 6.45) is 2.03. The molecule has 7 rings (SSSR count). The van der Waals surface area contributed by atoms with E-state index in [1.807, 2.05) is 0 Å². The van der Waals surface area contributed by atoms with E-state index >= 15 is 0 Å². The zero-order valence-electron chi connectivity index (χ0n) is 27.1. The normalized spacial score (nSPS) is 11.1. The van der Waals surface area contributed by atoms with Crippen molar-refractivity contribution in [2.75, 3.05) is 0 Å². The van der Waals surface area contributed by atoms with Crippen molar-refractivity contribution in [3.63, 3.8) is 0 Å². The van der Waals surface area contributed by atoms with Crippen LogP contribution in [0.2, 0.25) is 6.55 Å². The summed E-state index contributed by atoms with van der Waals surface area (Å²) in [5, 5.41) is 10.2. The van der Waals surface area contributed by atoms with Gasteiger partial charge in [0.2, 0.25) is 0 Å². The monoisotopic (exact) mass is 637 g/mol. The molecule has 0 spiro atoms. The second kappa shape index (κ2) is 14.0. The van der Waals surface area contributed by atoms with Crippen LogP contribution in [0.1, 0.15) is 25.0 Å². The number of fused-ring (bicyclic) bond motifs is 2. The Balaban J connectivity index is 0.00000154. The molecule has 0 aliphatic heterocycles. The van der Waals surface area contributed by atoms with Gasteiger partial charge in [-0.2, -0.15) is 10.4 Å². The predicted octanol–water partition coefficient (Wildman–Crippen LogP) is 9.89. The van der Waals surface area contributed by atoms with Crippen molar-refractivity contribution in [1.82, 2.24) is 0 Å². The van der Waals surface area contributed by atoms with Crippen molar-refractivity contribution < 1.29 is 18.6 Å². The van der Waals surface area contributed by atoms with Crippen molar-refractivity contribution in [2.45, 2.75) is 33.2 Å². The molecule has 0 bridgehead atoms. The third-order valence-electron chi connectivity index (χ3n) is 9.28. The first-order chi connectivity index (χ1) is 20.6. The van der Waals surface area contributed by atoms with Crippen LogP contribution in [0.3, 0.4) is 0 Å². The average Bonchev–Trinajstić information content (AvgIpc) is 3.65. The Labute approximate surface area is 283 Å². The summed E-state index contributed by atoms with van der Waals surface area (Å²) in [5.74, 6) is 0. The Morgan fingerprint density at radius 2 is 0.867 bits per heavy atom. The quantitative estimate of drug-likeness (QED) is 0.121. The Morgan fingerprint density at radius 1 is 0.489 bits per heavy atom. The summed E-state index contributed by atoms with van der Waals surface area (Å²) in [7, 11) is -2.56. The molecular formula is C43H42SiV. The molecule has 0 aliphatic carbocycles. The molecule has 2 heteroatoms. The summed E-state index contributed by atoms with van der Waals surface area (Å²) in [6, 6.07) is 52.1. The maximum Gasteiger partial charge on any atom is 4.00 e. The molecule has 7 aromatic carbocycles. The third-order valence-corrected chi connectivity index (χ3v) is 13.9. The van der Waals surface area contributed by atoms with E-state index in [2.05, 4.69) is 160 Å². The van der Waals surface area contributed by atoms with Gasteiger partial charge in [0.25, 0.3) is 0 Å². The number of hydrogen-bond acceptors (Lipinski definition) is 0. The van der Waals surface area contributed by atoms with E-state index in [-0.39, 0.29) is 33.4 Å². The Hall–Kier alpha value is -3.88. The van der Waals surface area contributed by atoms with Gasteiger partial charge in [0.05, 0.1) is 0 Å². The van der Waals surface area contributed by atoms with E-state index in [9.17, 15) is 0 Å². The van der Waals surface area contributed by atoms with Gasteiger partial charge in [0.1, 0.15) is 0 Å². The molecule has 45 heavy (non-hydrogen) atoms. The minimum Gasteiger partial charge on any atom is -0.358 e. The average molecular weight is 638 g/mol. The van der Waals surface area contributed by atoms with Crippen molar-refractivity contribution in [1.29, 1.82) is 0 Å². The molecule has 223 valence electrons. The smallest absolute Gasteiger partial charge is 0.358 e. The van der Waals surface area contributed by atoms with Gasteiger partial charge in [-0.3, -0.25) is 0 Å². The Morgan fingerprint density at radius 3 is 1.24 bits per heavy atom. The van der Waals surface area contributed by atoms with E-state index < -0.39 is 8.07 Å². The van der Waals surface area contributed by atoms with Gasteiger partial charge >= 0.3 is 18.6 Å². The molecule has 0 aromatic heterocycles. The zero-order valence-corrected chi connectivity index (χ0v) is 29.5. The van der Waals surface area contributed by atoms with Gasteiger partial charge in [-0.1, -0.05) is 140 Å². The first-order valence-electron chi connectivity index (χ1n) is 15.2. The minimum atomic E-state index is -2.56. The van der Waals surface area contributed by atoms with E-state index in [0.717, 1.165) is 12.8 Å². The van der Waals surface area contributed by atoms with E-state index in [4.69, 9.17) is 0 Å². The molecule has 0 saturated carbocycles. The van der Waals surface area contributed by atoms with Crippen LogP contribution in [-0.2, 0) is 31.4 Å². The number of aryl methyl sites for hydroxylation is 2. The Kier molecular flexibility index (Phi) is 10.6. The maximum absolute atomic E-state index is 2.63. The second-order valence-corrected chi connectivity index (χ2v) is 15.4. The number of rotatable bonds is 7. The van der Waals surface area contributed by atoms with Crippen LogP contribution >= 0.6 is 0 Å². The van der Waals surface area contributed by atoms with Crippen molar-refractivity contribution in [3.05, 3.63) is 166 Å². The van der Waals surface area contributed by atoms with Gasteiger partial charge in [-0.15, -0.1) is 69.1 Å². The fourth-order valence-electron chi connectivity index (χ4n) is 7.38. The van der Waals surface area contributed by atoms with Crippen LogP contribution in [0.25, 0.3) is 43.8 Å². The summed E-state index contributed by atoms with van der Waals surface area (Å²) in [6.45, 7) is 7.30. The van der Waals surface area contributed by atoms with Crippen molar-refractivity contribution in [2.24, 2.45) is 0 Å². The first-order valence-corrected chi connectivity index (χ1v) is 17.7. The molecule has 0 heterocycles. The molecule has 0 fully saturated rings. The number of hydrogen-bond donors (Lipinski definition) is 0. The van der Waals surface area contributed by atoms with Gasteiger partial charge in [-0.25, -0.2) is 0 Å². The largest absolute Gasteiger partial charge is 4.00 e. The minimum absolute atomic E-state index is 0. The summed E-state index contributed by atoms with van der Waals surface area (Å²) < 4.78 is 0. The van der Waals surface area contributed by atoms with Gasteiger partial charge in [0, 0.05) is 8.07 Å². The maximum atomic E-state index is 2.63. The summed E-state index contributed by atoms with van der Waals surface area (Å²) in [4.78, 5) is 0. The Bertz CT molecular complexity index is 1870. The molecule has 0 unspecified atom stereocenters. The van der Waals surface area contributed by atoms with Gasteiger partial charge < -0.3 is 14.9 Å².